The van der Waals surface area contributed by atoms with Gasteiger partial charge < -0.3 is 9.88 Å². The third-order valence-electron chi connectivity index (χ3n) is 2.80. The zero-order valence-electron chi connectivity index (χ0n) is 10.8. The monoisotopic (exact) mass is 262 g/mol. The molecule has 1 N–H and O–H groups in total. The molecule has 2 heterocycles. The topological polar surface area (TPSA) is 59.8 Å². The van der Waals surface area contributed by atoms with Gasteiger partial charge in [0.05, 0.1) is 11.7 Å². The number of pyridine rings is 1. The summed E-state index contributed by atoms with van der Waals surface area (Å²) in [7, 11) is 0. The number of hydrogen-bond acceptors (Lipinski definition) is 4. The Morgan fingerprint density at radius 3 is 2.89 bits per heavy atom. The second kappa shape index (κ2) is 5.60. The molecule has 0 aliphatic heterocycles. The molecular weight excluding hydrogens is 247 g/mol. The molecule has 100 valence electrons. The first kappa shape index (κ1) is 13.2. The highest BCUT2D eigenvalue weighted by Crippen LogP contribution is 2.16. The molecule has 2 rings (SSSR count). The Balaban J connectivity index is 2.27. The number of anilines is 1. The van der Waals surface area contributed by atoms with Crippen LogP contribution in [0.15, 0.2) is 35.5 Å². The zero-order chi connectivity index (χ0) is 13.8. The van der Waals surface area contributed by atoms with Crippen LogP contribution in [-0.2, 0) is 6.54 Å². The molecule has 6 heteroatoms. The summed E-state index contributed by atoms with van der Waals surface area (Å²) >= 11 is 0. The Morgan fingerprint density at radius 2 is 2.21 bits per heavy atom. The van der Waals surface area contributed by atoms with E-state index < -0.39 is 11.9 Å². The van der Waals surface area contributed by atoms with Gasteiger partial charge >= 0.3 is 0 Å². The lowest BCUT2D eigenvalue weighted by Gasteiger charge is -2.14. The minimum Gasteiger partial charge on any atom is -0.357 e. The Hall–Kier alpha value is -2.24. The van der Waals surface area contributed by atoms with Crippen LogP contribution >= 0.6 is 0 Å². The normalized spacial score (nSPS) is 12.2. The van der Waals surface area contributed by atoms with Gasteiger partial charge in [0.1, 0.15) is 5.82 Å². The van der Waals surface area contributed by atoms with Crippen LogP contribution in [-0.4, -0.2) is 14.5 Å². The van der Waals surface area contributed by atoms with Gasteiger partial charge in [-0.1, -0.05) is 0 Å². The minimum absolute atomic E-state index is 0.196. The van der Waals surface area contributed by atoms with Crippen LogP contribution in [0.25, 0.3) is 0 Å². The maximum atomic E-state index is 13.6. The molecule has 0 aliphatic carbocycles. The molecule has 0 spiro atoms. The van der Waals surface area contributed by atoms with E-state index in [1.165, 1.54) is 29.1 Å². The fraction of sp³-hybridized carbons (Fsp3) is 0.308. The van der Waals surface area contributed by atoms with Crippen molar-refractivity contribution in [3.8, 4) is 0 Å². The van der Waals surface area contributed by atoms with Crippen molar-refractivity contribution in [3.63, 3.8) is 0 Å². The summed E-state index contributed by atoms with van der Waals surface area (Å²) in [6, 6.07) is 2.42. The summed E-state index contributed by atoms with van der Waals surface area (Å²) in [5.41, 5.74) is 0.0313. The lowest BCUT2D eigenvalue weighted by atomic mass is 10.2. The third kappa shape index (κ3) is 2.78. The van der Waals surface area contributed by atoms with E-state index in [4.69, 9.17) is 0 Å². The van der Waals surface area contributed by atoms with Crippen LogP contribution in [0.1, 0.15) is 25.6 Å². The van der Waals surface area contributed by atoms with Gasteiger partial charge in [0.2, 0.25) is 0 Å². The summed E-state index contributed by atoms with van der Waals surface area (Å²) in [4.78, 5) is 19.9. The Morgan fingerprint density at radius 1 is 1.42 bits per heavy atom. The smallest absolute Gasteiger partial charge is 0.293 e. The molecule has 5 nitrogen and oxygen atoms in total. The van der Waals surface area contributed by atoms with E-state index in [2.05, 4.69) is 15.3 Å². The predicted octanol–water partition coefficient (Wildman–Crippen LogP) is 1.97. The molecule has 1 atom stereocenters. The molecule has 0 saturated carbocycles. The van der Waals surface area contributed by atoms with Gasteiger partial charge in [0, 0.05) is 25.1 Å². The molecule has 0 aliphatic rings. The van der Waals surface area contributed by atoms with Crippen molar-refractivity contribution in [2.75, 3.05) is 5.32 Å². The van der Waals surface area contributed by atoms with E-state index in [1.54, 1.807) is 13.1 Å². The molecule has 19 heavy (non-hydrogen) atoms. The van der Waals surface area contributed by atoms with Crippen molar-refractivity contribution in [3.05, 3.63) is 52.6 Å². The maximum absolute atomic E-state index is 13.6. The summed E-state index contributed by atoms with van der Waals surface area (Å²) in [5, 5.41) is 2.90. The SMILES string of the molecule is CCn1ccnc(N[C@H](C)c2ncccc2F)c1=O. The molecule has 2 aromatic rings. The quantitative estimate of drug-likeness (QED) is 0.915. The van der Waals surface area contributed by atoms with Crippen LogP contribution in [0, 0.1) is 5.82 Å². The number of rotatable bonds is 4. The van der Waals surface area contributed by atoms with Crippen molar-refractivity contribution in [2.24, 2.45) is 0 Å². The number of aromatic nitrogens is 3. The van der Waals surface area contributed by atoms with Gasteiger partial charge in [-0.2, -0.15) is 0 Å². The molecule has 2 aromatic heterocycles. The molecule has 0 unspecified atom stereocenters. The van der Waals surface area contributed by atoms with Gasteiger partial charge in [-0.05, 0) is 26.0 Å². The van der Waals surface area contributed by atoms with Crippen LogP contribution in [0.4, 0.5) is 10.2 Å². The molecular formula is C13H15FN4O. The number of nitrogens with zero attached hydrogens (tertiary/aromatic N) is 3. The number of aryl methyl sites for hydroxylation is 1. The van der Waals surface area contributed by atoms with E-state index in [-0.39, 0.29) is 17.1 Å². The molecule has 0 fully saturated rings. The fourth-order valence-electron chi connectivity index (χ4n) is 1.79. The van der Waals surface area contributed by atoms with Crippen LogP contribution in [0.2, 0.25) is 0 Å². The van der Waals surface area contributed by atoms with Crippen LogP contribution < -0.4 is 10.9 Å². The predicted molar refractivity (Wildman–Crippen MR) is 70.4 cm³/mol. The Bertz CT molecular complexity index is 626. The molecule has 0 aromatic carbocycles. The first-order valence-electron chi connectivity index (χ1n) is 6.06. The zero-order valence-corrected chi connectivity index (χ0v) is 10.8. The lowest BCUT2D eigenvalue weighted by Crippen LogP contribution is -2.25. The van der Waals surface area contributed by atoms with Crippen LogP contribution in [0.5, 0.6) is 0 Å². The van der Waals surface area contributed by atoms with E-state index in [1.807, 2.05) is 6.92 Å². The summed E-state index contributed by atoms with van der Waals surface area (Å²) in [6.07, 6.45) is 4.66. The average molecular weight is 262 g/mol. The highest BCUT2D eigenvalue weighted by Gasteiger charge is 2.14. The van der Waals surface area contributed by atoms with E-state index in [0.29, 0.717) is 6.54 Å². The maximum Gasteiger partial charge on any atom is 0.293 e. The van der Waals surface area contributed by atoms with Gasteiger partial charge in [0.15, 0.2) is 5.82 Å². The molecule has 0 saturated heterocycles. The van der Waals surface area contributed by atoms with E-state index in [9.17, 15) is 9.18 Å². The second-order valence-corrected chi connectivity index (χ2v) is 4.10. The summed E-state index contributed by atoms with van der Waals surface area (Å²) < 4.78 is 15.1. The molecule has 0 amide bonds. The number of nitrogens with one attached hydrogen (secondary N) is 1. The van der Waals surface area contributed by atoms with Crippen molar-refractivity contribution >= 4 is 5.82 Å². The second-order valence-electron chi connectivity index (χ2n) is 4.10. The van der Waals surface area contributed by atoms with Gasteiger partial charge in [-0.15, -0.1) is 0 Å². The number of hydrogen-bond donors (Lipinski definition) is 1. The fourth-order valence-corrected chi connectivity index (χ4v) is 1.79. The highest BCUT2D eigenvalue weighted by molar-refractivity contribution is 5.34. The van der Waals surface area contributed by atoms with Gasteiger partial charge in [-0.3, -0.25) is 9.78 Å². The summed E-state index contributed by atoms with van der Waals surface area (Å²) in [6.45, 7) is 4.16. The van der Waals surface area contributed by atoms with Gasteiger partial charge in [-0.25, -0.2) is 9.37 Å². The van der Waals surface area contributed by atoms with Crippen molar-refractivity contribution in [1.29, 1.82) is 0 Å². The Labute approximate surface area is 110 Å². The van der Waals surface area contributed by atoms with E-state index in [0.717, 1.165) is 0 Å². The lowest BCUT2D eigenvalue weighted by molar-refractivity contribution is 0.586. The van der Waals surface area contributed by atoms with Crippen molar-refractivity contribution < 1.29 is 4.39 Å². The minimum atomic E-state index is -0.436. The van der Waals surface area contributed by atoms with Crippen molar-refractivity contribution in [2.45, 2.75) is 26.4 Å². The molecule has 0 radical (unpaired) electrons. The Kier molecular flexibility index (Phi) is 3.89. The van der Waals surface area contributed by atoms with Gasteiger partial charge in [0.25, 0.3) is 5.56 Å². The summed E-state index contributed by atoms with van der Waals surface area (Å²) in [5.74, 6) is -0.212. The first-order chi connectivity index (χ1) is 9.13. The first-order valence-corrected chi connectivity index (χ1v) is 6.06. The number of halogens is 1. The largest absolute Gasteiger partial charge is 0.357 e. The molecule has 0 bridgehead atoms. The van der Waals surface area contributed by atoms with E-state index >= 15 is 0 Å². The average Bonchev–Trinajstić information content (AvgIpc) is 2.41. The van der Waals surface area contributed by atoms with Crippen LogP contribution in [0.3, 0.4) is 0 Å². The van der Waals surface area contributed by atoms with Crippen molar-refractivity contribution in [1.82, 2.24) is 14.5 Å². The highest BCUT2D eigenvalue weighted by atomic mass is 19.1. The third-order valence-corrected chi connectivity index (χ3v) is 2.80. The standard InChI is InChI=1S/C13H15FN4O/c1-3-18-8-7-16-12(13(18)19)17-9(2)11-10(14)5-4-6-15-11/h4-9H,3H2,1-2H3,(H,16,17)/t9-/m1/s1.